The van der Waals surface area contributed by atoms with Gasteiger partial charge in [0.15, 0.2) is 0 Å². The molecular weight excluding hydrogens is 248 g/mol. The molecule has 1 aromatic rings. The fourth-order valence-corrected chi connectivity index (χ4v) is 1.47. The van der Waals surface area contributed by atoms with E-state index < -0.39 is 5.97 Å². The number of hydrogen-bond acceptors (Lipinski definition) is 4. The third kappa shape index (κ3) is 1.86. The van der Waals surface area contributed by atoms with Crippen molar-refractivity contribution in [3.05, 3.63) is 27.7 Å². The minimum Gasteiger partial charge on any atom is -0.465 e. The number of nitrogen functional groups attached to an aromatic ring is 1. The van der Waals surface area contributed by atoms with Crippen LogP contribution in [0, 0.1) is 11.3 Å². The molecule has 0 fully saturated rings. The predicted octanol–water partition coefficient (Wildman–Crippen LogP) is 1.69. The Morgan fingerprint density at radius 2 is 2.29 bits per heavy atom. The first-order valence-electron chi connectivity index (χ1n) is 3.67. The topological polar surface area (TPSA) is 76.1 Å². The number of nitriles is 1. The van der Waals surface area contributed by atoms with Crippen molar-refractivity contribution >= 4 is 27.6 Å². The predicted molar refractivity (Wildman–Crippen MR) is 54.6 cm³/mol. The Morgan fingerprint density at radius 3 is 2.79 bits per heavy atom. The summed E-state index contributed by atoms with van der Waals surface area (Å²) in [5.41, 5.74) is 6.43. The van der Waals surface area contributed by atoms with Crippen LogP contribution in [0.2, 0.25) is 0 Å². The molecule has 0 heterocycles. The number of rotatable bonds is 1. The molecule has 5 heteroatoms. The van der Waals surface area contributed by atoms with Crippen molar-refractivity contribution in [1.82, 2.24) is 0 Å². The molecule has 1 rings (SSSR count). The lowest BCUT2D eigenvalue weighted by Crippen LogP contribution is -2.04. The van der Waals surface area contributed by atoms with E-state index in [9.17, 15) is 4.79 Å². The van der Waals surface area contributed by atoms with E-state index >= 15 is 0 Å². The van der Waals surface area contributed by atoms with E-state index in [4.69, 9.17) is 11.0 Å². The van der Waals surface area contributed by atoms with E-state index in [-0.39, 0.29) is 5.56 Å². The standard InChI is InChI=1S/C9H7BrN2O2/c1-14-9(13)7-3-6(12)2-5(4-11)8(7)10/h2-3H,12H2,1H3. The van der Waals surface area contributed by atoms with Crippen LogP contribution in [-0.2, 0) is 4.74 Å². The van der Waals surface area contributed by atoms with Gasteiger partial charge in [0.05, 0.1) is 18.2 Å². The Hall–Kier alpha value is -1.54. The lowest BCUT2D eigenvalue weighted by Gasteiger charge is -2.05. The number of carbonyl (C=O) groups is 1. The minimum absolute atomic E-state index is 0.254. The van der Waals surface area contributed by atoms with Crippen LogP contribution < -0.4 is 5.73 Å². The smallest absolute Gasteiger partial charge is 0.339 e. The van der Waals surface area contributed by atoms with Gasteiger partial charge >= 0.3 is 5.97 Å². The molecule has 0 amide bonds. The first kappa shape index (κ1) is 10.5. The second-order valence-electron chi connectivity index (χ2n) is 2.53. The van der Waals surface area contributed by atoms with Gasteiger partial charge in [0.1, 0.15) is 6.07 Å². The van der Waals surface area contributed by atoms with Crippen LogP contribution in [-0.4, -0.2) is 13.1 Å². The highest BCUT2D eigenvalue weighted by molar-refractivity contribution is 9.10. The molecular formula is C9H7BrN2O2. The normalized spacial score (nSPS) is 9.21. The second kappa shape index (κ2) is 4.11. The molecule has 0 atom stereocenters. The van der Waals surface area contributed by atoms with E-state index in [0.717, 1.165) is 0 Å². The molecule has 0 saturated heterocycles. The first-order valence-corrected chi connectivity index (χ1v) is 4.47. The van der Waals surface area contributed by atoms with E-state index in [0.29, 0.717) is 15.7 Å². The maximum Gasteiger partial charge on any atom is 0.339 e. The number of carbonyl (C=O) groups excluding carboxylic acids is 1. The Labute approximate surface area is 89.4 Å². The molecule has 0 aliphatic heterocycles. The number of ether oxygens (including phenoxy) is 1. The summed E-state index contributed by atoms with van der Waals surface area (Å²) in [4.78, 5) is 11.2. The van der Waals surface area contributed by atoms with Gasteiger partial charge in [-0.2, -0.15) is 5.26 Å². The quantitative estimate of drug-likeness (QED) is 0.611. The van der Waals surface area contributed by atoms with Crippen LogP contribution >= 0.6 is 15.9 Å². The zero-order valence-corrected chi connectivity index (χ0v) is 8.96. The van der Waals surface area contributed by atoms with Gasteiger partial charge in [-0.15, -0.1) is 0 Å². The van der Waals surface area contributed by atoms with Crippen LogP contribution in [0.4, 0.5) is 5.69 Å². The van der Waals surface area contributed by atoms with E-state index in [1.807, 2.05) is 6.07 Å². The maximum atomic E-state index is 11.2. The number of anilines is 1. The molecule has 0 aliphatic rings. The summed E-state index contributed by atoms with van der Waals surface area (Å²) in [5, 5.41) is 8.73. The van der Waals surface area contributed by atoms with Crippen molar-refractivity contribution in [2.24, 2.45) is 0 Å². The average Bonchev–Trinajstić information content (AvgIpc) is 2.19. The third-order valence-electron chi connectivity index (χ3n) is 1.62. The molecule has 0 aliphatic carbocycles. The SMILES string of the molecule is COC(=O)c1cc(N)cc(C#N)c1Br. The number of benzene rings is 1. The van der Waals surface area contributed by atoms with E-state index in [1.165, 1.54) is 19.2 Å². The summed E-state index contributed by atoms with van der Waals surface area (Å²) in [5.74, 6) is -0.527. The van der Waals surface area contributed by atoms with Crippen LogP contribution in [0.1, 0.15) is 15.9 Å². The van der Waals surface area contributed by atoms with Crippen molar-refractivity contribution in [3.63, 3.8) is 0 Å². The van der Waals surface area contributed by atoms with Gasteiger partial charge in [-0.1, -0.05) is 0 Å². The van der Waals surface area contributed by atoms with Gasteiger partial charge in [0.25, 0.3) is 0 Å². The molecule has 0 aromatic heterocycles. The number of nitrogens with two attached hydrogens (primary N) is 1. The number of halogens is 1. The number of methoxy groups -OCH3 is 1. The fraction of sp³-hybridized carbons (Fsp3) is 0.111. The summed E-state index contributed by atoms with van der Waals surface area (Å²) in [7, 11) is 1.27. The van der Waals surface area contributed by atoms with Gasteiger partial charge in [-0.25, -0.2) is 4.79 Å². The lowest BCUT2D eigenvalue weighted by atomic mass is 10.1. The van der Waals surface area contributed by atoms with Crippen molar-refractivity contribution in [1.29, 1.82) is 5.26 Å². The molecule has 1 aromatic carbocycles. The molecule has 0 spiro atoms. The Balaban J connectivity index is 3.38. The lowest BCUT2D eigenvalue weighted by molar-refractivity contribution is 0.0599. The molecule has 0 unspecified atom stereocenters. The van der Waals surface area contributed by atoms with Crippen LogP contribution in [0.5, 0.6) is 0 Å². The van der Waals surface area contributed by atoms with Crippen molar-refractivity contribution in [2.75, 3.05) is 12.8 Å². The maximum absolute atomic E-state index is 11.2. The van der Waals surface area contributed by atoms with Crippen LogP contribution in [0.3, 0.4) is 0 Å². The van der Waals surface area contributed by atoms with Crippen molar-refractivity contribution in [2.45, 2.75) is 0 Å². The summed E-state index contributed by atoms with van der Waals surface area (Å²) >= 11 is 3.14. The van der Waals surface area contributed by atoms with Crippen LogP contribution in [0.15, 0.2) is 16.6 Å². The molecule has 4 nitrogen and oxygen atoms in total. The van der Waals surface area contributed by atoms with Crippen LogP contribution in [0.25, 0.3) is 0 Å². The molecule has 0 radical (unpaired) electrons. The highest BCUT2D eigenvalue weighted by Crippen LogP contribution is 2.25. The highest BCUT2D eigenvalue weighted by atomic mass is 79.9. The van der Waals surface area contributed by atoms with E-state index in [2.05, 4.69) is 20.7 Å². The molecule has 0 saturated carbocycles. The summed E-state index contributed by atoms with van der Waals surface area (Å²) in [6.45, 7) is 0. The van der Waals surface area contributed by atoms with Gasteiger partial charge in [-0.05, 0) is 28.1 Å². The Kier molecular flexibility index (Phi) is 3.10. The Bertz CT molecular complexity index is 424. The van der Waals surface area contributed by atoms with Gasteiger partial charge in [-0.3, -0.25) is 0 Å². The summed E-state index contributed by atoms with van der Waals surface area (Å²) in [6.07, 6.45) is 0. The number of nitrogens with zero attached hydrogens (tertiary/aromatic N) is 1. The Morgan fingerprint density at radius 1 is 1.64 bits per heavy atom. The largest absolute Gasteiger partial charge is 0.465 e. The van der Waals surface area contributed by atoms with Gasteiger partial charge in [0.2, 0.25) is 0 Å². The zero-order chi connectivity index (χ0) is 10.7. The first-order chi connectivity index (χ1) is 6.60. The fourth-order valence-electron chi connectivity index (χ4n) is 0.987. The second-order valence-corrected chi connectivity index (χ2v) is 3.33. The van der Waals surface area contributed by atoms with Gasteiger partial charge < -0.3 is 10.5 Å². The number of hydrogen-bond donors (Lipinski definition) is 1. The summed E-state index contributed by atoms with van der Waals surface area (Å²) in [6, 6.07) is 4.86. The summed E-state index contributed by atoms with van der Waals surface area (Å²) < 4.78 is 4.94. The molecule has 14 heavy (non-hydrogen) atoms. The average molecular weight is 255 g/mol. The molecule has 0 bridgehead atoms. The van der Waals surface area contributed by atoms with Gasteiger partial charge in [0, 0.05) is 10.2 Å². The van der Waals surface area contributed by atoms with E-state index in [1.54, 1.807) is 0 Å². The number of esters is 1. The third-order valence-corrected chi connectivity index (χ3v) is 2.48. The zero-order valence-electron chi connectivity index (χ0n) is 7.37. The monoisotopic (exact) mass is 254 g/mol. The highest BCUT2D eigenvalue weighted by Gasteiger charge is 2.14. The van der Waals surface area contributed by atoms with Crippen molar-refractivity contribution < 1.29 is 9.53 Å². The van der Waals surface area contributed by atoms with Crippen molar-refractivity contribution in [3.8, 4) is 6.07 Å². The molecule has 72 valence electrons. The molecule has 2 N–H and O–H groups in total. The minimum atomic E-state index is -0.527.